The normalized spacial score (nSPS) is 16.9. The van der Waals surface area contributed by atoms with Crippen LogP contribution in [0.15, 0.2) is 28.8 Å². The van der Waals surface area contributed by atoms with Gasteiger partial charge in [0.1, 0.15) is 11.3 Å². The van der Waals surface area contributed by atoms with Crippen LogP contribution in [0, 0.1) is 0 Å². The summed E-state index contributed by atoms with van der Waals surface area (Å²) in [6, 6.07) is 7.07. The van der Waals surface area contributed by atoms with Crippen LogP contribution in [0.3, 0.4) is 0 Å². The third-order valence-corrected chi connectivity index (χ3v) is 6.04. The van der Waals surface area contributed by atoms with Crippen molar-refractivity contribution in [1.29, 1.82) is 0 Å². The van der Waals surface area contributed by atoms with Crippen LogP contribution in [0.2, 0.25) is 0 Å². The van der Waals surface area contributed by atoms with Crippen LogP contribution in [0.5, 0.6) is 5.75 Å². The molecule has 1 saturated carbocycles. The number of carbonyl (C=O) groups is 3. The van der Waals surface area contributed by atoms with Crippen molar-refractivity contribution in [3.05, 3.63) is 30.2 Å². The van der Waals surface area contributed by atoms with Gasteiger partial charge in [-0.2, -0.15) is 4.98 Å². The van der Waals surface area contributed by atoms with Gasteiger partial charge in [0.2, 0.25) is 17.6 Å². The average molecular weight is 456 g/mol. The number of aromatic nitrogens is 2. The predicted molar refractivity (Wildman–Crippen MR) is 118 cm³/mol. The third kappa shape index (κ3) is 5.15. The Morgan fingerprint density at radius 2 is 2.00 bits per heavy atom. The molecule has 176 valence electrons. The summed E-state index contributed by atoms with van der Waals surface area (Å²) >= 11 is 0. The first-order chi connectivity index (χ1) is 16.0. The Kier molecular flexibility index (Phi) is 6.90. The van der Waals surface area contributed by atoms with E-state index in [0.717, 1.165) is 24.2 Å². The first-order valence-electron chi connectivity index (χ1n) is 11.5. The van der Waals surface area contributed by atoms with Gasteiger partial charge in [-0.3, -0.25) is 14.5 Å². The quantitative estimate of drug-likeness (QED) is 0.416. The number of ether oxygens (including phenoxy) is 1. The molecule has 1 aliphatic carbocycles. The van der Waals surface area contributed by atoms with Gasteiger partial charge in [0, 0.05) is 31.5 Å². The van der Waals surface area contributed by atoms with Crippen LogP contribution in [-0.2, 0) is 16.0 Å². The Balaban J connectivity index is 1.17. The summed E-state index contributed by atoms with van der Waals surface area (Å²) < 4.78 is 10.7. The fourth-order valence-corrected chi connectivity index (χ4v) is 4.31. The highest BCUT2D eigenvalue weighted by atomic mass is 16.5. The van der Waals surface area contributed by atoms with E-state index < -0.39 is 5.54 Å². The highest BCUT2D eigenvalue weighted by Gasteiger charge is 2.51. The maximum Gasteiger partial charge on any atom is 0.325 e. The molecule has 1 aromatic carbocycles. The highest BCUT2D eigenvalue weighted by Crippen LogP contribution is 2.35. The minimum atomic E-state index is -0.686. The summed E-state index contributed by atoms with van der Waals surface area (Å²) in [4.78, 5) is 42.5. The second kappa shape index (κ2) is 10.0. The van der Waals surface area contributed by atoms with Crippen molar-refractivity contribution in [2.24, 2.45) is 0 Å². The summed E-state index contributed by atoms with van der Waals surface area (Å²) in [5, 5.41) is 9.64. The fourth-order valence-electron chi connectivity index (χ4n) is 4.31. The summed E-state index contributed by atoms with van der Waals surface area (Å²) in [6.45, 7) is 3.19. The number of urea groups is 1. The number of nitrogens with zero attached hydrogens (tertiary/aromatic N) is 3. The molecule has 10 nitrogen and oxygen atoms in total. The van der Waals surface area contributed by atoms with Crippen LogP contribution < -0.4 is 15.4 Å². The molecule has 0 radical (unpaired) electrons. The van der Waals surface area contributed by atoms with Gasteiger partial charge in [0.25, 0.3) is 5.91 Å². The van der Waals surface area contributed by atoms with Gasteiger partial charge in [-0.25, -0.2) is 4.79 Å². The zero-order chi connectivity index (χ0) is 23.3. The van der Waals surface area contributed by atoms with Crippen molar-refractivity contribution < 1.29 is 23.6 Å². The van der Waals surface area contributed by atoms with E-state index in [-0.39, 0.29) is 24.3 Å². The van der Waals surface area contributed by atoms with Crippen molar-refractivity contribution >= 4 is 17.8 Å². The van der Waals surface area contributed by atoms with E-state index >= 15 is 0 Å². The summed E-state index contributed by atoms with van der Waals surface area (Å²) in [5.41, 5.74) is 0.118. The zero-order valence-corrected chi connectivity index (χ0v) is 18.8. The van der Waals surface area contributed by atoms with E-state index in [9.17, 15) is 14.4 Å². The largest absolute Gasteiger partial charge is 0.494 e. The number of hydrogen-bond donors (Lipinski definition) is 2. The number of imide groups is 1. The molecule has 2 fully saturated rings. The average Bonchev–Trinajstić information content (AvgIpc) is 3.53. The molecule has 4 amide bonds. The van der Waals surface area contributed by atoms with Crippen molar-refractivity contribution in [1.82, 2.24) is 25.7 Å². The van der Waals surface area contributed by atoms with E-state index in [1.165, 1.54) is 4.90 Å². The number of aryl methyl sites for hydroxylation is 1. The minimum absolute atomic E-state index is 0.129. The molecule has 2 aliphatic rings. The molecular formula is C23H29N5O5. The molecule has 0 atom stereocenters. The first kappa shape index (κ1) is 22.8. The van der Waals surface area contributed by atoms with Gasteiger partial charge in [-0.1, -0.05) is 18.0 Å². The second-order valence-electron chi connectivity index (χ2n) is 8.35. The lowest BCUT2D eigenvalue weighted by Gasteiger charge is -2.20. The molecule has 2 heterocycles. The van der Waals surface area contributed by atoms with Gasteiger partial charge >= 0.3 is 6.03 Å². The molecule has 1 aromatic heterocycles. The molecule has 10 heteroatoms. The topological polar surface area (TPSA) is 127 Å². The lowest BCUT2D eigenvalue weighted by Crippen LogP contribution is -2.44. The maximum atomic E-state index is 12.6. The molecule has 4 rings (SSSR count). The Hall–Kier alpha value is -3.43. The summed E-state index contributed by atoms with van der Waals surface area (Å²) in [6.07, 6.45) is 4.36. The Morgan fingerprint density at radius 1 is 1.24 bits per heavy atom. The van der Waals surface area contributed by atoms with Crippen LogP contribution in [0.4, 0.5) is 4.79 Å². The number of hydrogen-bond acceptors (Lipinski definition) is 7. The standard InChI is InChI=1S/C23H29N5O5/c1-2-32-17-8-6-16(7-9-17)20-25-19(33-27-20)11-10-18(29)24-14-5-15-28-21(30)23(26-22(28)31)12-3-4-13-23/h6-9H,2-5,10-15H2,1H3,(H,24,29)(H,26,31). The molecule has 1 spiro atoms. The molecule has 2 aromatic rings. The molecule has 1 saturated heterocycles. The fraction of sp³-hybridized carbons (Fsp3) is 0.522. The predicted octanol–water partition coefficient (Wildman–Crippen LogP) is 2.44. The van der Waals surface area contributed by atoms with Crippen molar-refractivity contribution in [3.8, 4) is 17.1 Å². The lowest BCUT2D eigenvalue weighted by atomic mass is 9.98. The van der Waals surface area contributed by atoms with Gasteiger partial charge < -0.3 is 19.9 Å². The Bertz CT molecular complexity index is 997. The number of rotatable bonds is 10. The Morgan fingerprint density at radius 3 is 2.73 bits per heavy atom. The van der Waals surface area contributed by atoms with Crippen molar-refractivity contribution in [2.45, 2.75) is 57.4 Å². The van der Waals surface area contributed by atoms with Crippen molar-refractivity contribution in [2.75, 3.05) is 19.7 Å². The Labute approximate surface area is 192 Å². The van der Waals surface area contributed by atoms with Crippen LogP contribution >= 0.6 is 0 Å². The van der Waals surface area contributed by atoms with Crippen LogP contribution in [0.1, 0.15) is 51.3 Å². The monoisotopic (exact) mass is 455 g/mol. The third-order valence-electron chi connectivity index (χ3n) is 6.04. The van der Waals surface area contributed by atoms with Gasteiger partial charge in [-0.15, -0.1) is 0 Å². The lowest BCUT2D eigenvalue weighted by molar-refractivity contribution is -0.131. The second-order valence-corrected chi connectivity index (χ2v) is 8.35. The molecule has 0 unspecified atom stereocenters. The minimum Gasteiger partial charge on any atom is -0.494 e. The van der Waals surface area contributed by atoms with E-state index in [0.29, 0.717) is 57.1 Å². The van der Waals surface area contributed by atoms with E-state index in [4.69, 9.17) is 9.26 Å². The SMILES string of the molecule is CCOc1ccc(-c2noc(CCC(=O)NCCCN3C(=O)NC4(CCCC4)C3=O)n2)cc1. The smallest absolute Gasteiger partial charge is 0.325 e. The van der Waals surface area contributed by atoms with Gasteiger partial charge in [0.05, 0.1) is 6.61 Å². The number of benzene rings is 1. The van der Waals surface area contributed by atoms with E-state index in [1.807, 2.05) is 31.2 Å². The zero-order valence-electron chi connectivity index (χ0n) is 18.8. The molecular weight excluding hydrogens is 426 g/mol. The highest BCUT2D eigenvalue weighted by molar-refractivity contribution is 6.07. The van der Waals surface area contributed by atoms with Gasteiger partial charge in [-0.05, 0) is 50.5 Å². The molecule has 33 heavy (non-hydrogen) atoms. The molecule has 0 bridgehead atoms. The van der Waals surface area contributed by atoms with Crippen molar-refractivity contribution in [3.63, 3.8) is 0 Å². The van der Waals surface area contributed by atoms with E-state index in [1.54, 1.807) is 0 Å². The van der Waals surface area contributed by atoms with E-state index in [2.05, 4.69) is 20.8 Å². The summed E-state index contributed by atoms with van der Waals surface area (Å²) in [5.74, 6) is 1.34. The van der Waals surface area contributed by atoms with Gasteiger partial charge in [0.15, 0.2) is 0 Å². The molecule has 1 aliphatic heterocycles. The van der Waals surface area contributed by atoms with Crippen LogP contribution in [0.25, 0.3) is 11.4 Å². The number of nitrogens with one attached hydrogen (secondary N) is 2. The number of amides is 4. The summed E-state index contributed by atoms with van der Waals surface area (Å²) in [7, 11) is 0. The number of carbonyl (C=O) groups excluding carboxylic acids is 3. The molecule has 2 N–H and O–H groups in total. The first-order valence-corrected chi connectivity index (χ1v) is 11.5. The van der Waals surface area contributed by atoms with Crippen LogP contribution in [-0.4, -0.2) is 58.1 Å². The maximum absolute atomic E-state index is 12.6.